The fraction of sp³-hybridized carbons (Fsp3) is 0.571. The van der Waals surface area contributed by atoms with E-state index in [1.165, 1.54) is 21.1 Å². The zero-order valence-corrected chi connectivity index (χ0v) is 8.65. The number of aliphatic hydroxyl groups is 1. The predicted molar refractivity (Wildman–Crippen MR) is 51.2 cm³/mol. The minimum Gasteiger partial charge on any atom is -0.371 e. The van der Waals surface area contributed by atoms with Crippen molar-refractivity contribution in [1.29, 1.82) is 0 Å². The fourth-order valence-corrected chi connectivity index (χ4v) is 2.03. The lowest BCUT2D eigenvalue weighted by atomic mass is 10.5. The number of amides is 2. The van der Waals surface area contributed by atoms with Crippen LogP contribution in [0.5, 0.6) is 0 Å². The van der Waals surface area contributed by atoms with Crippen molar-refractivity contribution in [2.75, 3.05) is 18.5 Å². The number of aliphatic hydroxyl groups excluding tert-OH is 1. The Labute approximate surface area is 84.8 Å². The van der Waals surface area contributed by atoms with Crippen molar-refractivity contribution in [3.8, 4) is 0 Å². The maximum atomic E-state index is 11.6. The first kappa shape index (κ1) is 9.35. The molecule has 2 heterocycles. The smallest absolute Gasteiger partial charge is 0.328 e. The van der Waals surface area contributed by atoms with E-state index in [1.54, 1.807) is 14.0 Å². The molecular formula is C7H10N4O2S. The Balaban J connectivity index is 2.30. The highest BCUT2D eigenvalue weighted by Gasteiger charge is 2.36. The van der Waals surface area contributed by atoms with Crippen LogP contribution in [0.4, 0.5) is 9.93 Å². The summed E-state index contributed by atoms with van der Waals surface area (Å²) in [5.74, 6) is 0. The lowest BCUT2D eigenvalue weighted by Gasteiger charge is -2.14. The predicted octanol–water partition coefficient (Wildman–Crippen LogP) is 0.0367. The largest absolute Gasteiger partial charge is 0.371 e. The molecule has 2 rings (SSSR count). The number of hydrogen-bond donors (Lipinski definition) is 1. The Hall–Kier alpha value is -1.21. The molecule has 1 saturated heterocycles. The van der Waals surface area contributed by atoms with Crippen LogP contribution in [0.15, 0.2) is 0 Å². The third kappa shape index (κ3) is 1.34. The molecule has 76 valence electrons. The van der Waals surface area contributed by atoms with E-state index >= 15 is 0 Å². The van der Waals surface area contributed by atoms with Crippen molar-refractivity contribution < 1.29 is 9.90 Å². The maximum Gasteiger partial charge on any atom is 0.328 e. The number of hydrogen-bond acceptors (Lipinski definition) is 5. The Bertz CT molecular complexity index is 366. The number of carbonyl (C=O) groups is 1. The second-order valence-corrected chi connectivity index (χ2v) is 4.28. The lowest BCUT2D eigenvalue weighted by molar-refractivity contribution is 0.183. The summed E-state index contributed by atoms with van der Waals surface area (Å²) in [4.78, 5) is 14.3. The van der Waals surface area contributed by atoms with E-state index in [4.69, 9.17) is 0 Å². The van der Waals surface area contributed by atoms with Gasteiger partial charge in [-0.2, -0.15) is 0 Å². The molecule has 6 nitrogen and oxygen atoms in total. The summed E-state index contributed by atoms with van der Waals surface area (Å²) < 4.78 is 0. The molecule has 1 atom stereocenters. The maximum absolute atomic E-state index is 11.6. The highest BCUT2D eigenvalue weighted by atomic mass is 32.1. The standard InChI is InChI=1S/C7H10N4O2S/c1-4-8-9-6(14-4)11-5(12)3-10(2)7(11)13/h5,12H,3H2,1-2H3. The van der Waals surface area contributed by atoms with Crippen LogP contribution in [0, 0.1) is 6.92 Å². The van der Waals surface area contributed by atoms with Crippen LogP contribution in [-0.4, -0.2) is 46.1 Å². The first-order chi connectivity index (χ1) is 6.59. The minimum atomic E-state index is -0.820. The molecule has 1 unspecified atom stereocenters. The number of aryl methyl sites for hydroxylation is 1. The van der Waals surface area contributed by atoms with Crippen molar-refractivity contribution in [3.05, 3.63) is 5.01 Å². The summed E-state index contributed by atoms with van der Waals surface area (Å²) >= 11 is 1.29. The number of nitrogens with zero attached hydrogens (tertiary/aromatic N) is 4. The second kappa shape index (κ2) is 3.18. The van der Waals surface area contributed by atoms with Gasteiger partial charge in [0.15, 0.2) is 6.23 Å². The van der Waals surface area contributed by atoms with E-state index in [0.717, 1.165) is 5.01 Å². The molecule has 0 spiro atoms. The summed E-state index contributed by atoms with van der Waals surface area (Å²) in [5, 5.41) is 18.4. The van der Waals surface area contributed by atoms with Gasteiger partial charge in [-0.3, -0.25) is 0 Å². The third-order valence-corrected chi connectivity index (χ3v) is 2.83. The Morgan fingerprint density at radius 3 is 2.71 bits per heavy atom. The van der Waals surface area contributed by atoms with Gasteiger partial charge in [0.2, 0.25) is 5.13 Å². The number of β-amino-alcohol motifs (C(OH)–C–C–N with tert-alkyl or cyclic N) is 1. The topological polar surface area (TPSA) is 69.6 Å². The van der Waals surface area contributed by atoms with Crippen LogP contribution in [0.2, 0.25) is 0 Å². The first-order valence-corrected chi connectivity index (χ1v) is 4.93. The zero-order valence-electron chi connectivity index (χ0n) is 7.84. The summed E-state index contributed by atoms with van der Waals surface area (Å²) in [5.41, 5.74) is 0. The Kier molecular flexibility index (Phi) is 2.12. The molecule has 14 heavy (non-hydrogen) atoms. The van der Waals surface area contributed by atoms with E-state index < -0.39 is 6.23 Å². The van der Waals surface area contributed by atoms with Crippen LogP contribution in [0.3, 0.4) is 0 Å². The summed E-state index contributed by atoms with van der Waals surface area (Å²) in [6.07, 6.45) is -0.820. The molecule has 0 radical (unpaired) electrons. The number of carbonyl (C=O) groups excluding carboxylic acids is 1. The fourth-order valence-electron chi connectivity index (χ4n) is 1.31. The van der Waals surface area contributed by atoms with Crippen molar-refractivity contribution in [2.45, 2.75) is 13.2 Å². The molecule has 1 N–H and O–H groups in total. The van der Waals surface area contributed by atoms with Crippen molar-refractivity contribution in [3.63, 3.8) is 0 Å². The molecule has 0 aromatic carbocycles. The van der Waals surface area contributed by atoms with Gasteiger partial charge < -0.3 is 10.0 Å². The van der Waals surface area contributed by atoms with Gasteiger partial charge in [0, 0.05) is 7.05 Å². The van der Waals surface area contributed by atoms with Crippen molar-refractivity contribution >= 4 is 22.5 Å². The molecule has 1 aliphatic rings. The van der Waals surface area contributed by atoms with Crippen LogP contribution in [-0.2, 0) is 0 Å². The van der Waals surface area contributed by atoms with E-state index in [-0.39, 0.29) is 6.03 Å². The zero-order chi connectivity index (χ0) is 10.3. The van der Waals surface area contributed by atoms with E-state index in [1.807, 2.05) is 0 Å². The van der Waals surface area contributed by atoms with Gasteiger partial charge in [0.05, 0.1) is 6.54 Å². The first-order valence-electron chi connectivity index (χ1n) is 4.12. The van der Waals surface area contributed by atoms with Crippen LogP contribution >= 0.6 is 11.3 Å². The molecular weight excluding hydrogens is 204 g/mol. The van der Waals surface area contributed by atoms with Gasteiger partial charge in [-0.25, -0.2) is 9.69 Å². The molecule has 1 aromatic rings. The summed E-state index contributed by atoms with van der Waals surface area (Å²) in [7, 11) is 1.64. The highest BCUT2D eigenvalue weighted by molar-refractivity contribution is 7.15. The minimum absolute atomic E-state index is 0.242. The van der Waals surface area contributed by atoms with E-state index in [0.29, 0.717) is 11.7 Å². The van der Waals surface area contributed by atoms with Crippen molar-refractivity contribution in [2.24, 2.45) is 0 Å². The van der Waals surface area contributed by atoms with E-state index in [2.05, 4.69) is 10.2 Å². The Morgan fingerprint density at radius 2 is 2.29 bits per heavy atom. The third-order valence-electron chi connectivity index (χ3n) is 1.99. The quantitative estimate of drug-likeness (QED) is 0.716. The SMILES string of the molecule is Cc1nnc(N2C(=O)N(C)CC2O)s1. The number of urea groups is 1. The molecule has 0 bridgehead atoms. The monoisotopic (exact) mass is 214 g/mol. The van der Waals surface area contributed by atoms with Gasteiger partial charge >= 0.3 is 6.03 Å². The Morgan fingerprint density at radius 1 is 1.57 bits per heavy atom. The molecule has 1 aromatic heterocycles. The summed E-state index contributed by atoms with van der Waals surface area (Å²) in [6.45, 7) is 2.11. The number of rotatable bonds is 1. The van der Waals surface area contributed by atoms with Gasteiger partial charge in [0.1, 0.15) is 5.01 Å². The van der Waals surface area contributed by atoms with Gasteiger partial charge in [-0.05, 0) is 6.92 Å². The molecule has 2 amide bonds. The van der Waals surface area contributed by atoms with E-state index in [9.17, 15) is 9.90 Å². The molecule has 0 saturated carbocycles. The number of aromatic nitrogens is 2. The van der Waals surface area contributed by atoms with Crippen molar-refractivity contribution in [1.82, 2.24) is 15.1 Å². The molecule has 0 aliphatic carbocycles. The molecule has 1 fully saturated rings. The van der Waals surface area contributed by atoms with Gasteiger partial charge in [0.25, 0.3) is 0 Å². The summed E-state index contributed by atoms with van der Waals surface area (Å²) in [6, 6.07) is -0.242. The highest BCUT2D eigenvalue weighted by Crippen LogP contribution is 2.25. The van der Waals surface area contributed by atoms with Gasteiger partial charge in [-0.15, -0.1) is 10.2 Å². The van der Waals surface area contributed by atoms with Gasteiger partial charge in [-0.1, -0.05) is 11.3 Å². The molecule has 1 aliphatic heterocycles. The lowest BCUT2D eigenvalue weighted by Crippen LogP contribution is -2.34. The average molecular weight is 214 g/mol. The second-order valence-electron chi connectivity index (χ2n) is 3.12. The van der Waals surface area contributed by atoms with Crippen LogP contribution in [0.25, 0.3) is 0 Å². The average Bonchev–Trinajstić information content (AvgIpc) is 2.60. The normalized spacial score (nSPS) is 22.2. The van der Waals surface area contributed by atoms with Crippen LogP contribution < -0.4 is 4.90 Å². The number of likely N-dealkylation sites (N-methyl/N-ethyl adjacent to an activating group) is 1. The number of anilines is 1. The molecule has 7 heteroatoms. The van der Waals surface area contributed by atoms with Crippen LogP contribution in [0.1, 0.15) is 5.01 Å².